The molecule has 0 aliphatic rings. The number of nitrogens with one attached hydrogen (secondary N) is 2. The van der Waals surface area contributed by atoms with Crippen LogP contribution < -0.4 is 5.43 Å². The van der Waals surface area contributed by atoms with Crippen LogP contribution in [0, 0.1) is 0 Å². The van der Waals surface area contributed by atoms with Gasteiger partial charge in [-0.1, -0.05) is 67.6 Å². The van der Waals surface area contributed by atoms with Gasteiger partial charge in [0.2, 0.25) is 0 Å². The minimum atomic E-state index is -0.245. The number of aryl methyl sites for hydroxylation is 1. The van der Waals surface area contributed by atoms with Crippen molar-refractivity contribution in [2.75, 3.05) is 0 Å². The van der Waals surface area contributed by atoms with Gasteiger partial charge in [0.25, 0.3) is 5.91 Å². The summed E-state index contributed by atoms with van der Waals surface area (Å²) in [6.07, 6.45) is 4.30. The molecule has 4 rings (SSSR count). The van der Waals surface area contributed by atoms with E-state index < -0.39 is 0 Å². The highest BCUT2D eigenvalue weighted by Crippen LogP contribution is 2.21. The maximum absolute atomic E-state index is 12.6. The van der Waals surface area contributed by atoms with Crippen LogP contribution in [0.3, 0.4) is 0 Å². The first kappa shape index (κ1) is 17.7. The Labute approximate surface area is 163 Å². The number of rotatable bonds is 5. The van der Waals surface area contributed by atoms with E-state index >= 15 is 0 Å². The van der Waals surface area contributed by atoms with E-state index in [0.29, 0.717) is 5.56 Å². The number of hydrazone groups is 1. The lowest BCUT2D eigenvalue weighted by atomic mass is 10.0. The van der Waals surface area contributed by atoms with Crippen molar-refractivity contribution in [2.45, 2.75) is 13.3 Å². The van der Waals surface area contributed by atoms with Crippen LogP contribution in [0.4, 0.5) is 0 Å². The number of H-pyrrole nitrogens is 1. The molecular formula is C23H20N4O. The Balaban J connectivity index is 1.52. The lowest BCUT2D eigenvalue weighted by Gasteiger charge is -2.05. The van der Waals surface area contributed by atoms with E-state index in [-0.39, 0.29) is 5.91 Å². The SMILES string of the molecule is CCc1ccc(-c2[nH]ncc2/C=N/NC(=O)c2cccc3ccccc23)cc1. The zero-order chi connectivity index (χ0) is 19.3. The summed E-state index contributed by atoms with van der Waals surface area (Å²) >= 11 is 0. The number of fused-ring (bicyclic) bond motifs is 1. The number of hydrogen-bond donors (Lipinski definition) is 2. The molecule has 1 aromatic heterocycles. The molecule has 0 radical (unpaired) electrons. The first-order valence-electron chi connectivity index (χ1n) is 9.20. The second-order valence-corrected chi connectivity index (χ2v) is 6.48. The topological polar surface area (TPSA) is 70.1 Å². The molecular weight excluding hydrogens is 348 g/mol. The molecule has 0 spiro atoms. The Morgan fingerprint density at radius 1 is 1.07 bits per heavy atom. The molecule has 4 aromatic rings. The molecule has 3 aromatic carbocycles. The maximum Gasteiger partial charge on any atom is 0.271 e. The van der Waals surface area contributed by atoms with Crippen molar-refractivity contribution < 1.29 is 4.79 Å². The zero-order valence-corrected chi connectivity index (χ0v) is 15.5. The molecule has 0 fully saturated rings. The molecule has 0 aliphatic heterocycles. The fourth-order valence-electron chi connectivity index (χ4n) is 3.18. The Hall–Kier alpha value is -3.73. The molecule has 0 saturated carbocycles. The van der Waals surface area contributed by atoms with Gasteiger partial charge in [-0.05, 0) is 28.8 Å². The molecule has 0 saturated heterocycles. The van der Waals surface area contributed by atoms with E-state index in [0.717, 1.165) is 34.0 Å². The molecule has 28 heavy (non-hydrogen) atoms. The Morgan fingerprint density at radius 3 is 2.68 bits per heavy atom. The normalized spacial score (nSPS) is 11.2. The lowest BCUT2D eigenvalue weighted by molar-refractivity contribution is 0.0957. The van der Waals surface area contributed by atoms with Gasteiger partial charge in [0.05, 0.1) is 18.1 Å². The van der Waals surface area contributed by atoms with Gasteiger partial charge in [0, 0.05) is 16.7 Å². The molecule has 5 heteroatoms. The van der Waals surface area contributed by atoms with E-state index in [1.54, 1.807) is 18.5 Å². The third-order valence-electron chi connectivity index (χ3n) is 4.72. The van der Waals surface area contributed by atoms with Crippen LogP contribution in [0.15, 0.2) is 78.0 Å². The summed E-state index contributed by atoms with van der Waals surface area (Å²) in [4.78, 5) is 12.6. The van der Waals surface area contributed by atoms with Crippen molar-refractivity contribution in [3.05, 3.63) is 89.6 Å². The number of aromatic amines is 1. The summed E-state index contributed by atoms with van der Waals surface area (Å²) in [7, 11) is 0. The number of nitrogens with zero attached hydrogens (tertiary/aromatic N) is 2. The quantitative estimate of drug-likeness (QED) is 0.401. The highest BCUT2D eigenvalue weighted by atomic mass is 16.2. The largest absolute Gasteiger partial charge is 0.277 e. The average Bonchev–Trinajstić information content (AvgIpc) is 3.22. The Bertz CT molecular complexity index is 1140. The number of benzene rings is 3. The summed E-state index contributed by atoms with van der Waals surface area (Å²) in [6.45, 7) is 2.13. The third kappa shape index (κ3) is 3.55. The van der Waals surface area contributed by atoms with Crippen molar-refractivity contribution in [1.29, 1.82) is 0 Å². The predicted molar refractivity (Wildman–Crippen MR) is 112 cm³/mol. The van der Waals surface area contributed by atoms with Crippen LogP contribution >= 0.6 is 0 Å². The first-order chi connectivity index (χ1) is 13.8. The highest BCUT2D eigenvalue weighted by molar-refractivity contribution is 6.07. The smallest absolute Gasteiger partial charge is 0.271 e. The van der Waals surface area contributed by atoms with E-state index in [4.69, 9.17) is 0 Å². The Kier molecular flexibility index (Phi) is 4.97. The maximum atomic E-state index is 12.6. The van der Waals surface area contributed by atoms with Crippen molar-refractivity contribution in [3.63, 3.8) is 0 Å². The van der Waals surface area contributed by atoms with Crippen molar-refractivity contribution in [3.8, 4) is 11.3 Å². The second kappa shape index (κ2) is 7.88. The van der Waals surface area contributed by atoms with Crippen LogP contribution in [-0.4, -0.2) is 22.3 Å². The fourth-order valence-corrected chi connectivity index (χ4v) is 3.18. The van der Waals surface area contributed by atoms with Gasteiger partial charge in [-0.25, -0.2) is 5.43 Å². The number of aromatic nitrogens is 2. The molecule has 2 N–H and O–H groups in total. The first-order valence-corrected chi connectivity index (χ1v) is 9.20. The molecule has 1 amide bonds. The van der Waals surface area contributed by atoms with Crippen LogP contribution in [0.5, 0.6) is 0 Å². The monoisotopic (exact) mass is 368 g/mol. The third-order valence-corrected chi connectivity index (χ3v) is 4.72. The highest BCUT2D eigenvalue weighted by Gasteiger charge is 2.09. The van der Waals surface area contributed by atoms with E-state index in [1.807, 2.05) is 36.4 Å². The van der Waals surface area contributed by atoms with Gasteiger partial charge in [0.15, 0.2) is 0 Å². The van der Waals surface area contributed by atoms with Crippen LogP contribution in [0.2, 0.25) is 0 Å². The number of carbonyl (C=O) groups is 1. The molecule has 0 atom stereocenters. The lowest BCUT2D eigenvalue weighted by Crippen LogP contribution is -2.17. The molecule has 0 aliphatic carbocycles. The van der Waals surface area contributed by atoms with E-state index in [2.05, 4.69) is 51.9 Å². The minimum absolute atomic E-state index is 0.245. The van der Waals surface area contributed by atoms with Crippen molar-refractivity contribution >= 4 is 22.9 Å². The van der Waals surface area contributed by atoms with Crippen LogP contribution in [0.1, 0.15) is 28.4 Å². The zero-order valence-electron chi connectivity index (χ0n) is 15.5. The summed E-state index contributed by atoms with van der Waals surface area (Å²) in [5.41, 5.74) is 7.19. The molecule has 5 nitrogen and oxygen atoms in total. The second-order valence-electron chi connectivity index (χ2n) is 6.48. The number of hydrogen-bond acceptors (Lipinski definition) is 3. The number of carbonyl (C=O) groups excluding carboxylic acids is 1. The van der Waals surface area contributed by atoms with Gasteiger partial charge in [0.1, 0.15) is 0 Å². The van der Waals surface area contributed by atoms with E-state index in [1.165, 1.54) is 5.56 Å². The summed E-state index contributed by atoms with van der Waals surface area (Å²) in [5.74, 6) is -0.245. The van der Waals surface area contributed by atoms with Crippen LogP contribution in [0.25, 0.3) is 22.0 Å². The minimum Gasteiger partial charge on any atom is -0.277 e. The molecule has 0 unspecified atom stereocenters. The summed E-state index contributed by atoms with van der Waals surface area (Å²) in [5, 5.41) is 13.2. The van der Waals surface area contributed by atoms with Crippen molar-refractivity contribution in [2.24, 2.45) is 5.10 Å². The summed E-state index contributed by atoms with van der Waals surface area (Å²) < 4.78 is 0. The van der Waals surface area contributed by atoms with Gasteiger partial charge < -0.3 is 0 Å². The van der Waals surface area contributed by atoms with E-state index in [9.17, 15) is 4.79 Å². The fraction of sp³-hybridized carbons (Fsp3) is 0.0870. The Morgan fingerprint density at radius 2 is 1.86 bits per heavy atom. The predicted octanol–water partition coefficient (Wildman–Crippen LogP) is 4.56. The van der Waals surface area contributed by atoms with Gasteiger partial charge in [-0.2, -0.15) is 10.2 Å². The van der Waals surface area contributed by atoms with Gasteiger partial charge in [-0.15, -0.1) is 0 Å². The molecule has 1 heterocycles. The molecule has 138 valence electrons. The average molecular weight is 368 g/mol. The van der Waals surface area contributed by atoms with Crippen LogP contribution in [-0.2, 0) is 6.42 Å². The standard InChI is InChI=1S/C23H20N4O/c1-2-16-10-12-18(13-11-16)22-19(14-24-26-22)15-25-27-23(28)21-9-5-7-17-6-3-4-8-20(17)21/h3-15H,2H2,1H3,(H,24,26)(H,27,28)/b25-15+. The number of amides is 1. The summed E-state index contributed by atoms with van der Waals surface area (Å²) in [6, 6.07) is 21.7. The van der Waals surface area contributed by atoms with Gasteiger partial charge >= 0.3 is 0 Å². The molecule has 0 bridgehead atoms. The van der Waals surface area contributed by atoms with Crippen molar-refractivity contribution in [1.82, 2.24) is 15.6 Å². The van der Waals surface area contributed by atoms with Gasteiger partial charge in [-0.3, -0.25) is 9.89 Å².